The van der Waals surface area contributed by atoms with E-state index >= 15 is 0 Å². The van der Waals surface area contributed by atoms with Crippen molar-refractivity contribution in [3.63, 3.8) is 0 Å². The maximum Gasteiger partial charge on any atom is 0.340 e. The number of anilines is 2. The van der Waals surface area contributed by atoms with Crippen molar-refractivity contribution >= 4 is 46.6 Å². The number of thioether (sulfide) groups is 1. The van der Waals surface area contributed by atoms with Gasteiger partial charge in [0.2, 0.25) is 5.91 Å². The summed E-state index contributed by atoms with van der Waals surface area (Å²) in [6.07, 6.45) is 0. The summed E-state index contributed by atoms with van der Waals surface area (Å²) >= 11 is 7.46. The zero-order chi connectivity index (χ0) is 20.6. The minimum atomic E-state index is -0.484. The number of hydrogen-bond donors (Lipinski definition) is 1. The standard InChI is InChI=1S/C21H23ClN2O4S/c1-27-21(26)18-12-17(24-7-9-28-10-8-24)5-6-19(18)23-20(25)14-29-13-15-3-2-4-16(22)11-15/h2-6,11-12H,7-10,13-14H2,1H3,(H,23,25). The lowest BCUT2D eigenvalue weighted by molar-refractivity contribution is -0.113. The van der Waals surface area contributed by atoms with E-state index in [1.807, 2.05) is 30.3 Å². The summed E-state index contributed by atoms with van der Waals surface area (Å²) in [4.78, 5) is 26.8. The Balaban J connectivity index is 1.63. The number of carbonyl (C=O) groups excluding carboxylic acids is 2. The van der Waals surface area contributed by atoms with Gasteiger partial charge in [0, 0.05) is 29.6 Å². The highest BCUT2D eigenvalue weighted by Crippen LogP contribution is 2.25. The van der Waals surface area contributed by atoms with E-state index in [4.69, 9.17) is 21.1 Å². The van der Waals surface area contributed by atoms with E-state index in [1.165, 1.54) is 18.9 Å². The lowest BCUT2D eigenvalue weighted by Crippen LogP contribution is -2.36. The van der Waals surface area contributed by atoms with Gasteiger partial charge >= 0.3 is 5.97 Å². The van der Waals surface area contributed by atoms with E-state index in [-0.39, 0.29) is 11.7 Å². The number of morpholine rings is 1. The molecular formula is C21H23ClN2O4S. The predicted octanol–water partition coefficient (Wildman–Crippen LogP) is 3.84. The molecule has 1 aliphatic rings. The lowest BCUT2D eigenvalue weighted by Gasteiger charge is -2.29. The van der Waals surface area contributed by atoms with Gasteiger partial charge in [-0.2, -0.15) is 0 Å². The van der Waals surface area contributed by atoms with Crippen LogP contribution in [0.4, 0.5) is 11.4 Å². The number of carbonyl (C=O) groups is 2. The molecule has 2 aromatic rings. The van der Waals surface area contributed by atoms with Crippen LogP contribution >= 0.6 is 23.4 Å². The molecule has 0 saturated carbocycles. The molecule has 6 nitrogen and oxygen atoms in total. The average Bonchev–Trinajstić information content (AvgIpc) is 2.74. The van der Waals surface area contributed by atoms with E-state index in [1.54, 1.807) is 12.1 Å². The number of nitrogens with zero attached hydrogens (tertiary/aromatic N) is 1. The fourth-order valence-corrected chi connectivity index (χ4v) is 4.00. The third kappa shape index (κ3) is 6.13. The number of amides is 1. The molecule has 1 aliphatic heterocycles. The van der Waals surface area contributed by atoms with Crippen LogP contribution in [0.3, 0.4) is 0 Å². The fraction of sp³-hybridized carbons (Fsp3) is 0.333. The maximum absolute atomic E-state index is 12.4. The molecule has 2 aromatic carbocycles. The molecular weight excluding hydrogens is 412 g/mol. The average molecular weight is 435 g/mol. The predicted molar refractivity (Wildman–Crippen MR) is 117 cm³/mol. The summed E-state index contributed by atoms with van der Waals surface area (Å²) < 4.78 is 10.3. The summed E-state index contributed by atoms with van der Waals surface area (Å²) in [7, 11) is 1.33. The molecule has 1 heterocycles. The van der Waals surface area contributed by atoms with Crippen LogP contribution in [0.2, 0.25) is 5.02 Å². The second-order valence-electron chi connectivity index (χ2n) is 6.49. The highest BCUT2D eigenvalue weighted by Gasteiger charge is 2.18. The number of esters is 1. The van der Waals surface area contributed by atoms with Crippen molar-refractivity contribution in [3.8, 4) is 0 Å². The van der Waals surface area contributed by atoms with Gasteiger partial charge in [0.15, 0.2) is 0 Å². The van der Waals surface area contributed by atoms with E-state index < -0.39 is 5.97 Å². The Labute approximate surface area is 179 Å². The molecule has 0 bridgehead atoms. The zero-order valence-corrected chi connectivity index (χ0v) is 17.7. The molecule has 29 heavy (non-hydrogen) atoms. The number of benzene rings is 2. The van der Waals surface area contributed by atoms with Gasteiger partial charge in [-0.05, 0) is 35.9 Å². The van der Waals surface area contributed by atoms with Crippen molar-refractivity contribution in [2.24, 2.45) is 0 Å². The topological polar surface area (TPSA) is 67.9 Å². The Morgan fingerprint density at radius 1 is 1.21 bits per heavy atom. The van der Waals surface area contributed by atoms with Crippen molar-refractivity contribution in [1.29, 1.82) is 0 Å². The van der Waals surface area contributed by atoms with Gasteiger partial charge in [-0.25, -0.2) is 4.79 Å². The Morgan fingerprint density at radius 3 is 2.72 bits per heavy atom. The minimum Gasteiger partial charge on any atom is -0.465 e. The van der Waals surface area contributed by atoms with Crippen molar-refractivity contribution in [1.82, 2.24) is 0 Å². The number of halogens is 1. The van der Waals surface area contributed by atoms with Gasteiger partial charge in [0.1, 0.15) is 0 Å². The molecule has 8 heteroatoms. The Hall–Kier alpha value is -2.22. The first-order valence-corrected chi connectivity index (χ1v) is 10.8. The molecule has 0 aliphatic carbocycles. The van der Waals surface area contributed by atoms with E-state index in [0.29, 0.717) is 35.2 Å². The summed E-state index contributed by atoms with van der Waals surface area (Å²) in [5.74, 6) is 0.273. The highest BCUT2D eigenvalue weighted by atomic mass is 35.5. The molecule has 1 fully saturated rings. The van der Waals surface area contributed by atoms with Crippen LogP contribution in [0, 0.1) is 0 Å². The molecule has 1 amide bonds. The van der Waals surface area contributed by atoms with Crippen LogP contribution in [0.5, 0.6) is 0 Å². The number of ether oxygens (including phenoxy) is 2. The van der Waals surface area contributed by atoms with Gasteiger partial charge in [-0.15, -0.1) is 11.8 Å². The Morgan fingerprint density at radius 2 is 2.00 bits per heavy atom. The van der Waals surface area contributed by atoms with Crippen LogP contribution in [-0.4, -0.2) is 51.0 Å². The van der Waals surface area contributed by atoms with Crippen LogP contribution < -0.4 is 10.2 Å². The first kappa shape index (κ1) is 21.5. The van der Waals surface area contributed by atoms with Crippen molar-refractivity contribution in [2.75, 3.05) is 49.4 Å². The Kier molecular flexibility index (Phi) is 7.80. The van der Waals surface area contributed by atoms with Crippen LogP contribution in [-0.2, 0) is 20.0 Å². The summed E-state index contributed by atoms with van der Waals surface area (Å²) in [6.45, 7) is 2.81. The quantitative estimate of drug-likeness (QED) is 0.668. The summed E-state index contributed by atoms with van der Waals surface area (Å²) in [6, 6.07) is 13.0. The largest absolute Gasteiger partial charge is 0.465 e. The smallest absolute Gasteiger partial charge is 0.340 e. The molecule has 0 spiro atoms. The van der Waals surface area contributed by atoms with Gasteiger partial charge in [0.05, 0.1) is 37.3 Å². The van der Waals surface area contributed by atoms with Crippen molar-refractivity contribution < 1.29 is 19.1 Å². The van der Waals surface area contributed by atoms with Crippen LogP contribution in [0.1, 0.15) is 15.9 Å². The Bertz CT molecular complexity index is 872. The normalized spacial score (nSPS) is 13.8. The number of methoxy groups -OCH3 is 1. The minimum absolute atomic E-state index is 0.179. The van der Waals surface area contributed by atoms with E-state index in [0.717, 1.165) is 24.3 Å². The molecule has 3 rings (SSSR count). The SMILES string of the molecule is COC(=O)c1cc(N2CCOCC2)ccc1NC(=O)CSCc1cccc(Cl)c1. The lowest BCUT2D eigenvalue weighted by atomic mass is 10.1. The van der Waals surface area contributed by atoms with Crippen LogP contribution in [0.15, 0.2) is 42.5 Å². The molecule has 1 N–H and O–H groups in total. The summed E-state index contributed by atoms with van der Waals surface area (Å²) in [5, 5.41) is 3.50. The maximum atomic E-state index is 12.4. The monoisotopic (exact) mass is 434 g/mol. The highest BCUT2D eigenvalue weighted by molar-refractivity contribution is 7.99. The first-order valence-electron chi connectivity index (χ1n) is 9.24. The van der Waals surface area contributed by atoms with Crippen molar-refractivity contribution in [3.05, 3.63) is 58.6 Å². The van der Waals surface area contributed by atoms with Crippen molar-refractivity contribution in [2.45, 2.75) is 5.75 Å². The summed E-state index contributed by atoms with van der Waals surface area (Å²) in [5.41, 5.74) is 2.74. The second-order valence-corrected chi connectivity index (χ2v) is 7.91. The molecule has 1 saturated heterocycles. The van der Waals surface area contributed by atoms with Gasteiger partial charge in [0.25, 0.3) is 0 Å². The van der Waals surface area contributed by atoms with Gasteiger partial charge in [-0.3, -0.25) is 4.79 Å². The number of rotatable bonds is 7. The van der Waals surface area contributed by atoms with E-state index in [2.05, 4.69) is 10.2 Å². The number of nitrogens with one attached hydrogen (secondary N) is 1. The molecule has 0 atom stereocenters. The molecule has 154 valence electrons. The molecule has 0 aromatic heterocycles. The number of hydrogen-bond acceptors (Lipinski definition) is 6. The fourth-order valence-electron chi connectivity index (χ4n) is 3.01. The van der Waals surface area contributed by atoms with Gasteiger partial charge < -0.3 is 19.7 Å². The zero-order valence-electron chi connectivity index (χ0n) is 16.2. The second kappa shape index (κ2) is 10.5. The third-order valence-corrected chi connectivity index (χ3v) is 5.69. The molecule has 0 radical (unpaired) electrons. The van der Waals surface area contributed by atoms with E-state index in [9.17, 15) is 9.59 Å². The molecule has 0 unspecified atom stereocenters. The van der Waals surface area contributed by atoms with Crippen LogP contribution in [0.25, 0.3) is 0 Å². The third-order valence-electron chi connectivity index (χ3n) is 4.45. The van der Waals surface area contributed by atoms with Gasteiger partial charge in [-0.1, -0.05) is 23.7 Å². The first-order chi connectivity index (χ1) is 14.1.